The molecule has 134 valence electrons. The zero-order chi connectivity index (χ0) is 17.2. The van der Waals surface area contributed by atoms with Crippen LogP contribution in [-0.2, 0) is 10.0 Å². The van der Waals surface area contributed by atoms with Crippen LogP contribution >= 0.6 is 11.8 Å². The third kappa shape index (κ3) is 3.98. The maximum Gasteiger partial charge on any atom is 0.243 e. The SMILES string of the molecule is Cc1ccc(S(=O)(=O)N2CCCSCC2CN2CCCC2)cc1C. The summed E-state index contributed by atoms with van der Waals surface area (Å²) >= 11 is 1.90. The zero-order valence-corrected chi connectivity index (χ0v) is 16.3. The lowest BCUT2D eigenvalue weighted by atomic mass is 10.1. The van der Waals surface area contributed by atoms with Crippen LogP contribution in [0.4, 0.5) is 0 Å². The van der Waals surface area contributed by atoms with Gasteiger partial charge in [-0.15, -0.1) is 0 Å². The summed E-state index contributed by atoms with van der Waals surface area (Å²) in [5, 5.41) is 0. The maximum absolute atomic E-state index is 13.3. The van der Waals surface area contributed by atoms with E-state index in [0.717, 1.165) is 48.7 Å². The molecule has 1 unspecified atom stereocenters. The van der Waals surface area contributed by atoms with Gasteiger partial charge in [-0.1, -0.05) is 6.07 Å². The van der Waals surface area contributed by atoms with Crippen molar-refractivity contribution in [2.45, 2.75) is 44.0 Å². The van der Waals surface area contributed by atoms with Gasteiger partial charge in [-0.05, 0) is 75.2 Å². The number of thioether (sulfide) groups is 1. The molecule has 2 fully saturated rings. The number of nitrogens with zero attached hydrogens (tertiary/aromatic N) is 2. The molecule has 2 heterocycles. The normalized spacial score (nSPS) is 24.2. The zero-order valence-electron chi connectivity index (χ0n) is 14.7. The molecule has 2 saturated heterocycles. The number of hydrogen-bond acceptors (Lipinski definition) is 4. The van der Waals surface area contributed by atoms with E-state index in [0.29, 0.717) is 11.4 Å². The highest BCUT2D eigenvalue weighted by molar-refractivity contribution is 7.99. The lowest BCUT2D eigenvalue weighted by molar-refractivity contribution is 0.243. The number of sulfonamides is 1. The van der Waals surface area contributed by atoms with Crippen molar-refractivity contribution >= 4 is 21.8 Å². The molecule has 0 N–H and O–H groups in total. The molecule has 0 spiro atoms. The standard InChI is InChI=1S/C18H28N2O2S2/c1-15-6-7-18(12-16(15)2)24(21,22)20-10-5-11-23-14-17(20)13-19-8-3-4-9-19/h6-7,12,17H,3-5,8-11,13-14H2,1-2H3. The van der Waals surface area contributed by atoms with Gasteiger partial charge >= 0.3 is 0 Å². The summed E-state index contributed by atoms with van der Waals surface area (Å²) in [6.07, 6.45) is 3.42. The first kappa shape index (κ1) is 18.2. The Morgan fingerprint density at radius 3 is 2.54 bits per heavy atom. The van der Waals surface area contributed by atoms with Gasteiger partial charge in [0.05, 0.1) is 4.90 Å². The summed E-state index contributed by atoms with van der Waals surface area (Å²) in [5.74, 6) is 1.95. The van der Waals surface area contributed by atoms with Gasteiger partial charge in [0.15, 0.2) is 0 Å². The molecule has 1 aromatic carbocycles. The smallest absolute Gasteiger partial charge is 0.243 e. The molecule has 0 aromatic heterocycles. The molecule has 4 nitrogen and oxygen atoms in total. The molecule has 0 saturated carbocycles. The Morgan fingerprint density at radius 2 is 1.83 bits per heavy atom. The fraction of sp³-hybridized carbons (Fsp3) is 0.667. The molecule has 3 rings (SSSR count). The van der Waals surface area contributed by atoms with E-state index in [1.807, 2.05) is 37.7 Å². The van der Waals surface area contributed by atoms with Gasteiger partial charge in [-0.2, -0.15) is 16.1 Å². The Hall–Kier alpha value is -0.560. The average molecular weight is 369 g/mol. The highest BCUT2D eigenvalue weighted by atomic mass is 32.2. The molecule has 0 bridgehead atoms. The summed E-state index contributed by atoms with van der Waals surface area (Å²) < 4.78 is 28.4. The minimum atomic E-state index is -3.42. The summed E-state index contributed by atoms with van der Waals surface area (Å²) in [4.78, 5) is 2.88. The molecular formula is C18H28N2O2S2. The van der Waals surface area contributed by atoms with Gasteiger partial charge in [-0.25, -0.2) is 8.42 Å². The second-order valence-corrected chi connectivity index (χ2v) is 9.99. The number of benzene rings is 1. The molecule has 0 amide bonds. The van der Waals surface area contributed by atoms with Crippen LogP contribution in [0.15, 0.2) is 23.1 Å². The fourth-order valence-electron chi connectivity index (χ4n) is 3.54. The molecule has 6 heteroatoms. The van der Waals surface area contributed by atoms with Gasteiger partial charge < -0.3 is 4.90 Å². The Morgan fingerprint density at radius 1 is 1.08 bits per heavy atom. The Kier molecular flexibility index (Phi) is 5.90. The van der Waals surface area contributed by atoms with Crippen molar-refractivity contribution in [1.29, 1.82) is 0 Å². The summed E-state index contributed by atoms with van der Waals surface area (Å²) in [5.41, 5.74) is 2.17. The maximum atomic E-state index is 13.3. The molecule has 24 heavy (non-hydrogen) atoms. The predicted octanol–water partition coefficient (Wildman–Crippen LogP) is 2.90. The van der Waals surface area contributed by atoms with Crippen molar-refractivity contribution in [3.63, 3.8) is 0 Å². The number of rotatable bonds is 4. The van der Waals surface area contributed by atoms with Crippen molar-refractivity contribution in [3.05, 3.63) is 29.3 Å². The van der Waals surface area contributed by atoms with Crippen molar-refractivity contribution in [1.82, 2.24) is 9.21 Å². The third-order valence-electron chi connectivity index (χ3n) is 5.14. The van der Waals surface area contributed by atoms with E-state index in [2.05, 4.69) is 4.90 Å². The lowest BCUT2D eigenvalue weighted by Gasteiger charge is -2.32. The highest BCUT2D eigenvalue weighted by Crippen LogP contribution is 2.26. The molecule has 0 aliphatic carbocycles. The molecule has 1 atom stereocenters. The van der Waals surface area contributed by atoms with E-state index >= 15 is 0 Å². The Labute approximate surface area is 150 Å². The van der Waals surface area contributed by atoms with E-state index in [-0.39, 0.29) is 6.04 Å². The monoisotopic (exact) mass is 368 g/mol. The van der Waals surface area contributed by atoms with Crippen molar-refractivity contribution in [2.75, 3.05) is 37.7 Å². The lowest BCUT2D eigenvalue weighted by Crippen LogP contribution is -2.47. The van der Waals surface area contributed by atoms with E-state index in [1.54, 1.807) is 10.4 Å². The first-order valence-electron chi connectivity index (χ1n) is 8.88. The summed E-state index contributed by atoms with van der Waals surface area (Å²) in [6, 6.07) is 5.60. The first-order valence-corrected chi connectivity index (χ1v) is 11.5. The summed E-state index contributed by atoms with van der Waals surface area (Å²) in [7, 11) is -3.42. The van der Waals surface area contributed by atoms with Crippen LogP contribution in [0.3, 0.4) is 0 Å². The third-order valence-corrected chi connectivity index (χ3v) is 8.28. The number of aryl methyl sites for hydroxylation is 2. The minimum absolute atomic E-state index is 0.0854. The van der Waals surface area contributed by atoms with Crippen LogP contribution in [0.25, 0.3) is 0 Å². The van der Waals surface area contributed by atoms with Crippen LogP contribution in [0.2, 0.25) is 0 Å². The number of likely N-dealkylation sites (tertiary alicyclic amines) is 1. The van der Waals surface area contributed by atoms with E-state index in [4.69, 9.17) is 0 Å². The molecule has 1 aromatic rings. The van der Waals surface area contributed by atoms with Gasteiger partial charge in [0, 0.05) is 24.9 Å². The number of hydrogen-bond donors (Lipinski definition) is 0. The second kappa shape index (κ2) is 7.77. The molecule has 2 aliphatic rings. The Bertz CT molecular complexity index is 670. The van der Waals surface area contributed by atoms with Gasteiger partial charge in [0.25, 0.3) is 0 Å². The quantitative estimate of drug-likeness (QED) is 0.819. The Balaban J connectivity index is 1.87. The van der Waals surface area contributed by atoms with Crippen molar-refractivity contribution in [2.24, 2.45) is 0 Å². The first-order chi connectivity index (χ1) is 11.5. The molecule has 0 radical (unpaired) electrons. The average Bonchev–Trinajstić information content (AvgIpc) is 2.94. The van der Waals surface area contributed by atoms with Gasteiger partial charge in [-0.3, -0.25) is 0 Å². The highest BCUT2D eigenvalue weighted by Gasteiger charge is 2.34. The molecule has 2 aliphatic heterocycles. The largest absolute Gasteiger partial charge is 0.302 e. The second-order valence-electron chi connectivity index (χ2n) is 6.95. The van der Waals surface area contributed by atoms with Crippen LogP contribution in [-0.4, -0.2) is 61.3 Å². The van der Waals surface area contributed by atoms with E-state index in [9.17, 15) is 8.42 Å². The van der Waals surface area contributed by atoms with Crippen LogP contribution in [0.5, 0.6) is 0 Å². The van der Waals surface area contributed by atoms with Gasteiger partial charge in [0.1, 0.15) is 0 Å². The molecular weight excluding hydrogens is 340 g/mol. The van der Waals surface area contributed by atoms with E-state index in [1.165, 1.54) is 12.8 Å². The van der Waals surface area contributed by atoms with Gasteiger partial charge in [0.2, 0.25) is 10.0 Å². The van der Waals surface area contributed by atoms with Crippen LogP contribution in [0.1, 0.15) is 30.4 Å². The van der Waals surface area contributed by atoms with E-state index < -0.39 is 10.0 Å². The topological polar surface area (TPSA) is 40.6 Å². The van der Waals surface area contributed by atoms with Crippen molar-refractivity contribution < 1.29 is 8.42 Å². The van der Waals surface area contributed by atoms with Crippen LogP contribution in [0, 0.1) is 13.8 Å². The minimum Gasteiger partial charge on any atom is -0.302 e. The fourth-order valence-corrected chi connectivity index (χ4v) is 6.43. The van der Waals surface area contributed by atoms with Crippen LogP contribution < -0.4 is 0 Å². The summed E-state index contributed by atoms with van der Waals surface area (Å²) in [6.45, 7) is 7.73. The van der Waals surface area contributed by atoms with Crippen molar-refractivity contribution in [3.8, 4) is 0 Å². The predicted molar refractivity (Wildman–Crippen MR) is 101 cm³/mol.